The van der Waals surface area contributed by atoms with Gasteiger partial charge in [0.05, 0.1) is 5.56 Å². The standard InChI is InChI=1S/C28H34F6N4OS/c29-27(30,31)21-6-10-24(11-7-21)37-17-3-15-36(18-19-37)14-2-5-26(39)38-16-1-4-23(20-38)35-22-8-12-25(13-9-22)40-28(32,33)34/h6-13,23,35H,1-5,14-20H2. The topological polar surface area (TPSA) is 38.8 Å². The lowest BCUT2D eigenvalue weighted by Crippen LogP contribution is -2.45. The lowest BCUT2D eigenvalue weighted by atomic mass is 10.0. The van der Waals surface area contributed by atoms with Crippen molar-refractivity contribution in [3.05, 3.63) is 54.1 Å². The molecule has 40 heavy (non-hydrogen) atoms. The molecule has 0 aliphatic carbocycles. The van der Waals surface area contributed by atoms with Crippen molar-refractivity contribution in [3.8, 4) is 0 Å². The van der Waals surface area contributed by atoms with E-state index in [-0.39, 0.29) is 28.6 Å². The van der Waals surface area contributed by atoms with Crippen molar-refractivity contribution >= 4 is 29.0 Å². The maximum absolute atomic E-state index is 12.9. The van der Waals surface area contributed by atoms with Gasteiger partial charge in [-0.25, -0.2) is 0 Å². The van der Waals surface area contributed by atoms with Crippen molar-refractivity contribution in [2.75, 3.05) is 56.0 Å². The van der Waals surface area contributed by atoms with Crippen LogP contribution in [0.2, 0.25) is 0 Å². The number of benzene rings is 2. The zero-order valence-electron chi connectivity index (χ0n) is 22.1. The Morgan fingerprint density at radius 1 is 0.875 bits per heavy atom. The van der Waals surface area contributed by atoms with Gasteiger partial charge < -0.3 is 20.0 Å². The molecular formula is C28H34F6N4OS. The second kappa shape index (κ2) is 13.4. The van der Waals surface area contributed by atoms with Crippen LogP contribution in [-0.4, -0.2) is 73.1 Å². The van der Waals surface area contributed by atoms with E-state index in [1.54, 1.807) is 12.1 Å². The Bertz CT molecular complexity index is 1090. The summed E-state index contributed by atoms with van der Waals surface area (Å²) in [5, 5.41) is 3.35. The van der Waals surface area contributed by atoms with Crippen molar-refractivity contribution < 1.29 is 31.1 Å². The molecule has 2 aromatic rings. The normalized spacial score (nSPS) is 19.4. The molecule has 1 N–H and O–H groups in total. The van der Waals surface area contributed by atoms with E-state index in [1.807, 2.05) is 4.90 Å². The summed E-state index contributed by atoms with van der Waals surface area (Å²) >= 11 is -0.142. The number of hydrogen-bond acceptors (Lipinski definition) is 5. The summed E-state index contributed by atoms with van der Waals surface area (Å²) in [5.74, 6) is 0.102. The van der Waals surface area contributed by atoms with E-state index in [0.29, 0.717) is 26.1 Å². The average molecular weight is 589 g/mol. The molecule has 2 saturated heterocycles. The van der Waals surface area contributed by atoms with Crippen LogP contribution in [0.3, 0.4) is 0 Å². The monoisotopic (exact) mass is 588 g/mol. The third kappa shape index (κ3) is 9.22. The van der Waals surface area contributed by atoms with Gasteiger partial charge in [0.2, 0.25) is 5.91 Å². The van der Waals surface area contributed by atoms with Gasteiger partial charge in [-0.1, -0.05) is 0 Å². The fourth-order valence-corrected chi connectivity index (χ4v) is 5.78. The lowest BCUT2D eigenvalue weighted by Gasteiger charge is -2.34. The molecule has 12 heteroatoms. The highest BCUT2D eigenvalue weighted by Crippen LogP contribution is 2.37. The highest BCUT2D eigenvalue weighted by molar-refractivity contribution is 8.00. The van der Waals surface area contributed by atoms with Crippen molar-refractivity contribution in [2.24, 2.45) is 0 Å². The van der Waals surface area contributed by atoms with Crippen molar-refractivity contribution in [1.82, 2.24) is 9.80 Å². The first kappa shape index (κ1) is 30.4. The SMILES string of the molecule is O=C(CCCN1CCCN(c2ccc(C(F)(F)F)cc2)CC1)N1CCCC(Nc2ccc(SC(F)(F)F)cc2)C1. The van der Waals surface area contributed by atoms with Crippen LogP contribution in [0.15, 0.2) is 53.4 Å². The highest BCUT2D eigenvalue weighted by Gasteiger charge is 2.31. The molecule has 1 amide bonds. The van der Waals surface area contributed by atoms with Crippen LogP contribution in [-0.2, 0) is 11.0 Å². The van der Waals surface area contributed by atoms with Gasteiger partial charge in [-0.2, -0.15) is 26.3 Å². The van der Waals surface area contributed by atoms with Gasteiger partial charge in [-0.05, 0) is 99.1 Å². The number of hydrogen-bond donors (Lipinski definition) is 1. The van der Waals surface area contributed by atoms with Crippen LogP contribution in [0.4, 0.5) is 37.7 Å². The molecule has 0 aromatic heterocycles. The van der Waals surface area contributed by atoms with Gasteiger partial charge >= 0.3 is 11.7 Å². The molecule has 2 heterocycles. The number of nitrogens with one attached hydrogen (secondary N) is 1. The third-order valence-electron chi connectivity index (χ3n) is 7.25. The number of carbonyl (C=O) groups is 1. The molecule has 4 rings (SSSR count). The Balaban J connectivity index is 1.18. The van der Waals surface area contributed by atoms with Crippen molar-refractivity contribution in [1.29, 1.82) is 0 Å². The highest BCUT2D eigenvalue weighted by atomic mass is 32.2. The maximum Gasteiger partial charge on any atom is 0.446 e. The van der Waals surface area contributed by atoms with Gasteiger partial charge in [0.1, 0.15) is 0 Å². The number of halogens is 6. The van der Waals surface area contributed by atoms with E-state index in [2.05, 4.69) is 15.1 Å². The second-order valence-corrected chi connectivity index (χ2v) is 11.4. The molecule has 2 fully saturated rings. The zero-order valence-corrected chi connectivity index (χ0v) is 22.9. The van der Waals surface area contributed by atoms with Gasteiger partial charge in [-0.3, -0.25) is 4.79 Å². The number of piperidine rings is 1. The first-order valence-electron chi connectivity index (χ1n) is 13.5. The summed E-state index contributed by atoms with van der Waals surface area (Å²) < 4.78 is 76.2. The van der Waals surface area contributed by atoms with Crippen LogP contribution >= 0.6 is 11.8 Å². The number of nitrogens with zero attached hydrogens (tertiary/aromatic N) is 3. The maximum atomic E-state index is 12.9. The molecule has 2 aromatic carbocycles. The Morgan fingerprint density at radius 3 is 2.27 bits per heavy atom. The molecular weight excluding hydrogens is 554 g/mol. The summed E-state index contributed by atoms with van der Waals surface area (Å²) in [5.41, 5.74) is -3.44. The fourth-order valence-electron chi connectivity index (χ4n) is 5.24. The predicted octanol–water partition coefficient (Wildman–Crippen LogP) is 6.71. The van der Waals surface area contributed by atoms with E-state index in [9.17, 15) is 31.1 Å². The van der Waals surface area contributed by atoms with E-state index in [0.717, 1.165) is 75.4 Å². The quantitative estimate of drug-likeness (QED) is 0.274. The smallest absolute Gasteiger partial charge is 0.381 e. The number of carbonyl (C=O) groups excluding carboxylic acids is 1. The van der Waals surface area contributed by atoms with Gasteiger partial charge in [0, 0.05) is 61.5 Å². The number of rotatable bonds is 8. The summed E-state index contributed by atoms with van der Waals surface area (Å²) in [4.78, 5) is 19.3. The molecule has 0 spiro atoms. The zero-order chi connectivity index (χ0) is 28.8. The molecule has 1 atom stereocenters. The average Bonchev–Trinajstić information content (AvgIpc) is 3.14. The minimum atomic E-state index is -4.34. The molecule has 220 valence electrons. The Hall–Kier alpha value is -2.60. The number of likely N-dealkylation sites (tertiary alicyclic amines) is 1. The van der Waals surface area contributed by atoms with Crippen LogP contribution in [0.5, 0.6) is 0 Å². The number of thioether (sulfide) groups is 1. The molecule has 2 aliphatic heterocycles. The number of anilines is 2. The Labute approximate surface area is 234 Å². The van der Waals surface area contributed by atoms with Crippen LogP contribution < -0.4 is 10.2 Å². The Kier molecular flexibility index (Phi) is 10.2. The van der Waals surface area contributed by atoms with Crippen molar-refractivity contribution in [2.45, 2.75) is 54.7 Å². The minimum absolute atomic E-state index is 0.0422. The molecule has 0 radical (unpaired) electrons. The van der Waals surface area contributed by atoms with Crippen LogP contribution in [0.25, 0.3) is 0 Å². The molecule has 0 bridgehead atoms. The fraction of sp³-hybridized carbons (Fsp3) is 0.536. The van der Waals surface area contributed by atoms with Crippen molar-refractivity contribution in [3.63, 3.8) is 0 Å². The Morgan fingerprint density at radius 2 is 1.60 bits per heavy atom. The van der Waals surface area contributed by atoms with Crippen LogP contribution in [0.1, 0.15) is 37.7 Å². The molecule has 0 saturated carbocycles. The molecule has 1 unspecified atom stereocenters. The summed E-state index contributed by atoms with van der Waals surface area (Å²) in [6.45, 7) is 5.19. The van der Waals surface area contributed by atoms with Gasteiger partial charge in [0.25, 0.3) is 0 Å². The predicted molar refractivity (Wildman–Crippen MR) is 146 cm³/mol. The van der Waals surface area contributed by atoms with E-state index < -0.39 is 17.2 Å². The summed E-state index contributed by atoms with van der Waals surface area (Å²) in [7, 11) is 0. The van der Waals surface area contributed by atoms with E-state index >= 15 is 0 Å². The first-order chi connectivity index (χ1) is 19.0. The number of alkyl halides is 6. The van der Waals surface area contributed by atoms with Gasteiger partial charge in [-0.15, -0.1) is 0 Å². The van der Waals surface area contributed by atoms with E-state index in [1.165, 1.54) is 24.3 Å². The lowest BCUT2D eigenvalue weighted by molar-refractivity contribution is -0.137. The molecule has 5 nitrogen and oxygen atoms in total. The van der Waals surface area contributed by atoms with Gasteiger partial charge in [0.15, 0.2) is 0 Å². The summed E-state index contributed by atoms with van der Waals surface area (Å²) in [6, 6.07) is 11.5. The third-order valence-corrected chi connectivity index (χ3v) is 7.99. The largest absolute Gasteiger partial charge is 0.446 e. The summed E-state index contributed by atoms with van der Waals surface area (Å²) in [6.07, 6.45) is -0.542. The van der Waals surface area contributed by atoms with Crippen LogP contribution in [0, 0.1) is 0 Å². The number of amides is 1. The minimum Gasteiger partial charge on any atom is -0.381 e. The molecule has 2 aliphatic rings. The second-order valence-electron chi connectivity index (χ2n) is 10.2. The van der Waals surface area contributed by atoms with E-state index in [4.69, 9.17) is 0 Å². The first-order valence-corrected chi connectivity index (χ1v) is 14.3.